The molecule has 1 aromatic heterocycles. The fourth-order valence-corrected chi connectivity index (χ4v) is 5.37. The number of nitrogens with two attached hydrogens (primary N) is 1. The molecule has 0 saturated carbocycles. The summed E-state index contributed by atoms with van der Waals surface area (Å²) in [6.07, 6.45) is 2.88. The smallest absolute Gasteiger partial charge is 0.250 e. The zero-order chi connectivity index (χ0) is 15.5. The van der Waals surface area contributed by atoms with E-state index in [9.17, 15) is 13.2 Å². The lowest BCUT2D eigenvalue weighted by Crippen LogP contribution is -2.50. The van der Waals surface area contributed by atoms with Crippen LogP contribution in [0.3, 0.4) is 0 Å². The Morgan fingerprint density at radius 2 is 2.18 bits per heavy atom. The zero-order valence-corrected chi connectivity index (χ0v) is 15.9. The summed E-state index contributed by atoms with van der Waals surface area (Å²) < 4.78 is 27.4. The first-order chi connectivity index (χ1) is 9.94. The van der Waals surface area contributed by atoms with E-state index in [1.54, 1.807) is 11.0 Å². The standard InChI is InChI=1S/C12H18BrN3O3S2.ClH/c13-10-4-5-12(20-10)21(18,19)15-8-11(17)16-6-2-1-3-9(16)7-14;/h4-5,9,15H,1-3,6-8,14H2;1H. The van der Waals surface area contributed by atoms with E-state index < -0.39 is 10.0 Å². The van der Waals surface area contributed by atoms with Gasteiger partial charge in [0.2, 0.25) is 5.91 Å². The van der Waals surface area contributed by atoms with E-state index >= 15 is 0 Å². The Balaban J connectivity index is 0.00000242. The zero-order valence-electron chi connectivity index (χ0n) is 11.8. The molecule has 6 nitrogen and oxygen atoms in total. The molecule has 2 heterocycles. The van der Waals surface area contributed by atoms with Crippen molar-refractivity contribution in [2.45, 2.75) is 29.5 Å². The molecule has 0 aliphatic carbocycles. The largest absolute Gasteiger partial charge is 0.337 e. The molecule has 22 heavy (non-hydrogen) atoms. The molecule has 1 amide bonds. The van der Waals surface area contributed by atoms with Crippen molar-refractivity contribution >= 4 is 55.6 Å². The number of likely N-dealkylation sites (tertiary alicyclic amines) is 1. The van der Waals surface area contributed by atoms with Crippen molar-refractivity contribution in [1.29, 1.82) is 0 Å². The average molecular weight is 433 g/mol. The van der Waals surface area contributed by atoms with Crippen LogP contribution in [0.2, 0.25) is 0 Å². The van der Waals surface area contributed by atoms with Crippen molar-refractivity contribution in [1.82, 2.24) is 9.62 Å². The molecule has 0 radical (unpaired) electrons. The summed E-state index contributed by atoms with van der Waals surface area (Å²) in [7, 11) is -3.64. The molecule has 1 fully saturated rings. The van der Waals surface area contributed by atoms with E-state index in [4.69, 9.17) is 5.73 Å². The summed E-state index contributed by atoms with van der Waals surface area (Å²) >= 11 is 4.33. The van der Waals surface area contributed by atoms with Gasteiger partial charge < -0.3 is 10.6 Å². The predicted molar refractivity (Wildman–Crippen MR) is 92.9 cm³/mol. The summed E-state index contributed by atoms with van der Waals surface area (Å²) in [5.74, 6) is -0.218. The molecule has 126 valence electrons. The van der Waals surface area contributed by atoms with Crippen molar-refractivity contribution in [3.63, 3.8) is 0 Å². The van der Waals surface area contributed by atoms with E-state index in [1.807, 2.05) is 0 Å². The van der Waals surface area contributed by atoms with Gasteiger partial charge in [0.05, 0.1) is 10.3 Å². The Bertz CT molecular complexity index is 609. The van der Waals surface area contributed by atoms with E-state index in [-0.39, 0.29) is 35.1 Å². The molecule has 2 rings (SSSR count). The highest BCUT2D eigenvalue weighted by molar-refractivity contribution is 9.11. The van der Waals surface area contributed by atoms with Gasteiger partial charge in [-0.15, -0.1) is 23.7 Å². The lowest BCUT2D eigenvalue weighted by atomic mass is 10.0. The molecular formula is C12H19BrClN3O3S2. The van der Waals surface area contributed by atoms with Crippen LogP contribution >= 0.6 is 39.7 Å². The first-order valence-corrected chi connectivity index (χ1v) is 9.78. The lowest BCUT2D eigenvalue weighted by molar-refractivity contribution is -0.133. The molecule has 1 saturated heterocycles. The van der Waals surface area contributed by atoms with E-state index in [0.717, 1.165) is 34.4 Å². The average Bonchev–Trinajstić information content (AvgIpc) is 2.92. The van der Waals surface area contributed by atoms with Crippen molar-refractivity contribution < 1.29 is 13.2 Å². The Morgan fingerprint density at radius 3 is 2.77 bits per heavy atom. The van der Waals surface area contributed by atoms with Crippen molar-refractivity contribution in [2.24, 2.45) is 5.73 Å². The molecule has 1 aliphatic heterocycles. The number of nitrogens with zero attached hydrogens (tertiary/aromatic N) is 1. The molecule has 1 aromatic rings. The Labute approximate surface area is 149 Å². The fraction of sp³-hybridized carbons (Fsp3) is 0.583. The number of sulfonamides is 1. The number of thiophene rings is 1. The van der Waals surface area contributed by atoms with Gasteiger partial charge in [-0.2, -0.15) is 0 Å². The van der Waals surface area contributed by atoms with Gasteiger partial charge in [0, 0.05) is 19.1 Å². The minimum atomic E-state index is -3.64. The first kappa shape index (κ1) is 19.9. The second kappa shape index (κ2) is 8.60. The fourth-order valence-electron chi connectivity index (χ4n) is 2.35. The Hall–Kier alpha value is -0.190. The number of hydrogen-bond donors (Lipinski definition) is 2. The van der Waals surface area contributed by atoms with E-state index in [2.05, 4.69) is 20.7 Å². The number of hydrogen-bond acceptors (Lipinski definition) is 5. The number of piperidine rings is 1. The molecule has 1 atom stereocenters. The van der Waals surface area contributed by atoms with Crippen LogP contribution in [-0.4, -0.2) is 44.9 Å². The van der Waals surface area contributed by atoms with Crippen LogP contribution in [0.1, 0.15) is 19.3 Å². The van der Waals surface area contributed by atoms with Crippen LogP contribution in [0.5, 0.6) is 0 Å². The van der Waals surface area contributed by atoms with Gasteiger partial charge in [-0.3, -0.25) is 4.79 Å². The summed E-state index contributed by atoms with van der Waals surface area (Å²) in [4.78, 5) is 13.9. The second-order valence-corrected chi connectivity index (χ2v) is 9.31. The highest BCUT2D eigenvalue weighted by Gasteiger charge is 2.26. The molecular weight excluding hydrogens is 414 g/mol. The number of carbonyl (C=O) groups excluding carboxylic acids is 1. The Morgan fingerprint density at radius 1 is 1.45 bits per heavy atom. The minimum Gasteiger partial charge on any atom is -0.337 e. The highest BCUT2D eigenvalue weighted by atomic mass is 79.9. The van der Waals surface area contributed by atoms with Gasteiger partial charge >= 0.3 is 0 Å². The van der Waals surface area contributed by atoms with Gasteiger partial charge in [0.25, 0.3) is 10.0 Å². The third kappa shape index (κ3) is 4.90. The van der Waals surface area contributed by atoms with E-state index in [0.29, 0.717) is 13.1 Å². The molecule has 1 aliphatic rings. The molecule has 1 unspecified atom stereocenters. The van der Waals surface area contributed by atoms with Crippen LogP contribution in [0.25, 0.3) is 0 Å². The first-order valence-electron chi connectivity index (χ1n) is 6.68. The monoisotopic (exact) mass is 431 g/mol. The summed E-state index contributed by atoms with van der Waals surface area (Å²) in [6.45, 7) is 0.831. The number of halogens is 2. The van der Waals surface area contributed by atoms with Crippen molar-refractivity contribution in [3.8, 4) is 0 Å². The quantitative estimate of drug-likeness (QED) is 0.738. The summed E-state index contributed by atoms with van der Waals surface area (Å²) in [5, 5.41) is 0. The van der Waals surface area contributed by atoms with Gasteiger partial charge in [-0.1, -0.05) is 0 Å². The maximum absolute atomic E-state index is 12.2. The van der Waals surface area contributed by atoms with Crippen molar-refractivity contribution in [3.05, 3.63) is 15.9 Å². The second-order valence-electron chi connectivity index (χ2n) is 4.86. The lowest BCUT2D eigenvalue weighted by Gasteiger charge is -2.35. The molecule has 3 N–H and O–H groups in total. The topological polar surface area (TPSA) is 92.5 Å². The van der Waals surface area contributed by atoms with Crippen LogP contribution < -0.4 is 10.5 Å². The number of nitrogens with one attached hydrogen (secondary N) is 1. The maximum Gasteiger partial charge on any atom is 0.250 e. The van der Waals surface area contributed by atoms with Crippen LogP contribution in [0.15, 0.2) is 20.1 Å². The minimum absolute atomic E-state index is 0. The van der Waals surface area contributed by atoms with Crippen LogP contribution in [0.4, 0.5) is 0 Å². The van der Waals surface area contributed by atoms with E-state index in [1.165, 1.54) is 6.07 Å². The normalized spacial score (nSPS) is 18.8. The molecule has 10 heteroatoms. The SMILES string of the molecule is Cl.NCC1CCCCN1C(=O)CNS(=O)(=O)c1ccc(Br)s1. The van der Waals surface area contributed by atoms with Crippen molar-refractivity contribution in [2.75, 3.05) is 19.6 Å². The van der Waals surface area contributed by atoms with Crippen LogP contribution in [0, 0.1) is 0 Å². The molecule has 0 aromatic carbocycles. The van der Waals surface area contributed by atoms with Gasteiger partial charge in [-0.05, 0) is 47.3 Å². The van der Waals surface area contributed by atoms with Crippen LogP contribution in [-0.2, 0) is 14.8 Å². The third-order valence-electron chi connectivity index (χ3n) is 3.45. The van der Waals surface area contributed by atoms with Gasteiger partial charge in [-0.25, -0.2) is 13.1 Å². The van der Waals surface area contributed by atoms with Gasteiger partial charge in [0.1, 0.15) is 4.21 Å². The van der Waals surface area contributed by atoms with Gasteiger partial charge in [0.15, 0.2) is 0 Å². The highest BCUT2D eigenvalue weighted by Crippen LogP contribution is 2.25. The molecule has 0 bridgehead atoms. The third-order valence-corrected chi connectivity index (χ3v) is 6.96. The predicted octanol–water partition coefficient (Wildman–Crippen LogP) is 1.55. The number of rotatable bonds is 5. The molecule has 0 spiro atoms. The summed E-state index contributed by atoms with van der Waals surface area (Å²) in [5.41, 5.74) is 5.67. The number of amides is 1. The maximum atomic E-state index is 12.2. The number of carbonyl (C=O) groups is 1. The Kier molecular flexibility index (Phi) is 7.76. The summed E-state index contributed by atoms with van der Waals surface area (Å²) in [6, 6.07) is 3.19.